The zero-order valence-corrected chi connectivity index (χ0v) is 11.1. The van der Waals surface area contributed by atoms with Crippen molar-refractivity contribution in [2.45, 2.75) is 51.7 Å². The van der Waals surface area contributed by atoms with Crippen LogP contribution in [-0.2, 0) is 4.74 Å². The fourth-order valence-electron chi connectivity index (χ4n) is 1.79. The number of hydrogen-bond acceptors (Lipinski definition) is 3. The van der Waals surface area contributed by atoms with Gasteiger partial charge in [0, 0.05) is 0 Å². The molecule has 3 heteroatoms. The third-order valence-electron chi connectivity index (χ3n) is 2.85. The summed E-state index contributed by atoms with van der Waals surface area (Å²) in [5.74, 6) is -0.298. The smallest absolute Gasteiger partial charge is 0.338 e. The van der Waals surface area contributed by atoms with Crippen molar-refractivity contribution in [2.75, 3.05) is 0 Å². The van der Waals surface area contributed by atoms with E-state index in [4.69, 9.17) is 4.74 Å². The Hall–Kier alpha value is -1.35. The zero-order chi connectivity index (χ0) is 13.4. The van der Waals surface area contributed by atoms with Crippen LogP contribution in [0.5, 0.6) is 0 Å². The highest BCUT2D eigenvalue weighted by molar-refractivity contribution is 5.89. The van der Waals surface area contributed by atoms with Crippen LogP contribution in [0, 0.1) is 0 Å². The van der Waals surface area contributed by atoms with Crippen LogP contribution in [-0.4, -0.2) is 23.3 Å². The van der Waals surface area contributed by atoms with E-state index in [2.05, 4.69) is 0 Å². The van der Waals surface area contributed by atoms with Gasteiger partial charge in [0.05, 0.1) is 17.8 Å². The summed E-state index contributed by atoms with van der Waals surface area (Å²) in [6.45, 7) is 3.90. The monoisotopic (exact) mass is 250 g/mol. The number of ether oxygens (including phenoxy) is 1. The van der Waals surface area contributed by atoms with E-state index in [-0.39, 0.29) is 18.2 Å². The third-order valence-corrected chi connectivity index (χ3v) is 2.85. The maximum absolute atomic E-state index is 11.7. The first kappa shape index (κ1) is 14.7. The van der Waals surface area contributed by atoms with Crippen LogP contribution in [0.3, 0.4) is 0 Å². The second-order valence-corrected chi connectivity index (χ2v) is 4.60. The Labute approximate surface area is 109 Å². The zero-order valence-electron chi connectivity index (χ0n) is 11.1. The molecule has 0 spiro atoms. The molecule has 100 valence electrons. The molecule has 0 heterocycles. The molecule has 0 aliphatic carbocycles. The van der Waals surface area contributed by atoms with Crippen molar-refractivity contribution in [3.8, 4) is 0 Å². The molecule has 1 aromatic carbocycles. The molecule has 0 bridgehead atoms. The first-order valence-electron chi connectivity index (χ1n) is 6.57. The van der Waals surface area contributed by atoms with Gasteiger partial charge in [0.25, 0.3) is 0 Å². The number of carbonyl (C=O) groups excluding carboxylic acids is 1. The highest BCUT2D eigenvalue weighted by Gasteiger charge is 2.13. The number of hydrogen-bond donors (Lipinski definition) is 1. The molecule has 1 rings (SSSR count). The molecule has 0 aliphatic rings. The number of benzene rings is 1. The van der Waals surface area contributed by atoms with E-state index in [1.165, 1.54) is 0 Å². The van der Waals surface area contributed by atoms with Crippen molar-refractivity contribution in [3.05, 3.63) is 35.9 Å². The second-order valence-electron chi connectivity index (χ2n) is 4.60. The molecule has 18 heavy (non-hydrogen) atoms. The van der Waals surface area contributed by atoms with E-state index >= 15 is 0 Å². The maximum atomic E-state index is 11.7. The van der Waals surface area contributed by atoms with E-state index < -0.39 is 0 Å². The van der Waals surface area contributed by atoms with Gasteiger partial charge in [-0.1, -0.05) is 31.5 Å². The van der Waals surface area contributed by atoms with Crippen LogP contribution < -0.4 is 0 Å². The van der Waals surface area contributed by atoms with Crippen LogP contribution in [0.2, 0.25) is 0 Å². The number of aliphatic hydroxyl groups excluding tert-OH is 1. The lowest BCUT2D eigenvalue weighted by atomic mass is 10.1. The van der Waals surface area contributed by atoms with Crippen molar-refractivity contribution in [3.63, 3.8) is 0 Å². The third kappa shape index (κ3) is 5.32. The van der Waals surface area contributed by atoms with Gasteiger partial charge < -0.3 is 9.84 Å². The summed E-state index contributed by atoms with van der Waals surface area (Å²) in [4.78, 5) is 11.7. The van der Waals surface area contributed by atoms with Crippen molar-refractivity contribution in [1.82, 2.24) is 0 Å². The summed E-state index contributed by atoms with van der Waals surface area (Å²) in [6.07, 6.45) is 2.70. The molecule has 0 amide bonds. The van der Waals surface area contributed by atoms with Crippen molar-refractivity contribution in [1.29, 1.82) is 0 Å². The molecule has 0 radical (unpaired) electrons. The molecule has 1 N–H and O–H groups in total. The van der Waals surface area contributed by atoms with Crippen LogP contribution in [0.15, 0.2) is 30.3 Å². The Bertz CT molecular complexity index is 348. The Kier molecular flexibility index (Phi) is 6.44. The molecule has 0 fully saturated rings. The number of aliphatic hydroxyl groups is 1. The minimum atomic E-state index is -0.298. The highest BCUT2D eigenvalue weighted by atomic mass is 16.5. The van der Waals surface area contributed by atoms with Crippen LogP contribution in [0.4, 0.5) is 0 Å². The van der Waals surface area contributed by atoms with E-state index in [1.807, 2.05) is 32.0 Å². The van der Waals surface area contributed by atoms with Gasteiger partial charge in [-0.3, -0.25) is 0 Å². The fourth-order valence-corrected chi connectivity index (χ4v) is 1.79. The lowest BCUT2D eigenvalue weighted by Crippen LogP contribution is -2.17. The predicted octanol–water partition coefficient (Wildman–Crippen LogP) is 3.17. The van der Waals surface area contributed by atoms with E-state index in [1.54, 1.807) is 12.1 Å². The summed E-state index contributed by atoms with van der Waals surface area (Å²) >= 11 is 0. The summed E-state index contributed by atoms with van der Waals surface area (Å²) in [5, 5.41) is 9.61. The van der Waals surface area contributed by atoms with Crippen LogP contribution in [0.1, 0.15) is 49.9 Å². The SMILES string of the molecule is CCCC(O)CC[C@@H](C)OC(=O)c1ccccc1. The first-order chi connectivity index (χ1) is 8.63. The predicted molar refractivity (Wildman–Crippen MR) is 71.5 cm³/mol. The maximum Gasteiger partial charge on any atom is 0.338 e. The molecule has 0 aliphatic heterocycles. The quantitative estimate of drug-likeness (QED) is 0.756. The molecular formula is C15H22O3. The summed E-state index contributed by atoms with van der Waals surface area (Å²) < 4.78 is 5.31. The largest absolute Gasteiger partial charge is 0.459 e. The minimum absolute atomic E-state index is 0.163. The van der Waals surface area contributed by atoms with Gasteiger partial charge in [-0.2, -0.15) is 0 Å². The van der Waals surface area contributed by atoms with Gasteiger partial charge in [-0.25, -0.2) is 4.79 Å². The van der Waals surface area contributed by atoms with Gasteiger partial charge in [0.2, 0.25) is 0 Å². The summed E-state index contributed by atoms with van der Waals surface area (Å²) in [6, 6.07) is 8.96. The molecule has 1 aromatic rings. The average Bonchev–Trinajstić information content (AvgIpc) is 2.38. The normalized spacial score (nSPS) is 13.9. The summed E-state index contributed by atoms with van der Waals surface area (Å²) in [5.41, 5.74) is 0.568. The average molecular weight is 250 g/mol. The number of rotatable bonds is 7. The first-order valence-corrected chi connectivity index (χ1v) is 6.57. The van der Waals surface area contributed by atoms with Gasteiger partial charge in [0.1, 0.15) is 0 Å². The Balaban J connectivity index is 2.32. The van der Waals surface area contributed by atoms with Crippen LogP contribution in [0.25, 0.3) is 0 Å². The second kappa shape index (κ2) is 7.88. The van der Waals surface area contributed by atoms with Crippen molar-refractivity contribution < 1.29 is 14.6 Å². The molecule has 1 unspecified atom stereocenters. The molecular weight excluding hydrogens is 228 g/mol. The van der Waals surface area contributed by atoms with Gasteiger partial charge >= 0.3 is 5.97 Å². The number of esters is 1. The van der Waals surface area contributed by atoms with E-state index in [0.29, 0.717) is 18.4 Å². The molecule has 0 saturated heterocycles. The number of carbonyl (C=O) groups is 1. The lowest BCUT2D eigenvalue weighted by molar-refractivity contribution is 0.0281. The lowest BCUT2D eigenvalue weighted by Gasteiger charge is -2.15. The van der Waals surface area contributed by atoms with Gasteiger partial charge in [0.15, 0.2) is 0 Å². The molecule has 0 aromatic heterocycles. The molecule has 2 atom stereocenters. The Morgan fingerprint density at radius 3 is 2.50 bits per heavy atom. The minimum Gasteiger partial charge on any atom is -0.459 e. The Morgan fingerprint density at radius 2 is 1.89 bits per heavy atom. The summed E-state index contributed by atoms with van der Waals surface area (Å²) in [7, 11) is 0. The van der Waals surface area contributed by atoms with Gasteiger partial charge in [-0.15, -0.1) is 0 Å². The van der Waals surface area contributed by atoms with Crippen molar-refractivity contribution >= 4 is 5.97 Å². The molecule has 0 saturated carbocycles. The molecule has 3 nitrogen and oxygen atoms in total. The Morgan fingerprint density at radius 1 is 1.22 bits per heavy atom. The van der Waals surface area contributed by atoms with Crippen LogP contribution >= 0.6 is 0 Å². The van der Waals surface area contributed by atoms with Crippen molar-refractivity contribution in [2.24, 2.45) is 0 Å². The topological polar surface area (TPSA) is 46.5 Å². The van der Waals surface area contributed by atoms with Gasteiger partial charge in [-0.05, 0) is 38.3 Å². The van der Waals surface area contributed by atoms with E-state index in [9.17, 15) is 9.90 Å². The fraction of sp³-hybridized carbons (Fsp3) is 0.533. The highest BCUT2D eigenvalue weighted by Crippen LogP contribution is 2.11. The van der Waals surface area contributed by atoms with E-state index in [0.717, 1.165) is 12.8 Å². The standard InChI is InChI=1S/C15H22O3/c1-3-7-14(16)11-10-12(2)18-15(17)13-8-5-4-6-9-13/h4-6,8-9,12,14,16H,3,7,10-11H2,1-2H3/t12-,14?/m1/s1.